The molecule has 1 fully saturated rings. The van der Waals surface area contributed by atoms with E-state index in [-0.39, 0.29) is 0 Å². The van der Waals surface area contributed by atoms with E-state index in [4.69, 9.17) is 4.74 Å². The highest BCUT2D eigenvalue weighted by molar-refractivity contribution is 7.12. The molecule has 0 aromatic carbocycles. The molecule has 0 bridgehead atoms. The first-order chi connectivity index (χ1) is 11.6. The molecule has 2 rings (SSSR count). The Hall–Kier alpha value is -1.09. The van der Waals surface area contributed by atoms with Gasteiger partial charge in [-0.25, -0.2) is 4.98 Å². The third-order valence-corrected chi connectivity index (χ3v) is 5.56. The van der Waals surface area contributed by atoms with Gasteiger partial charge in [-0.3, -0.25) is 0 Å². The summed E-state index contributed by atoms with van der Waals surface area (Å²) < 4.78 is 5.92. The van der Waals surface area contributed by atoms with E-state index in [2.05, 4.69) is 38.8 Å². The molecule has 0 saturated heterocycles. The Labute approximate surface area is 152 Å². The second kappa shape index (κ2) is 9.41. The summed E-state index contributed by atoms with van der Waals surface area (Å²) in [6.07, 6.45) is 13.0. The average Bonchev–Trinajstić information content (AvgIpc) is 3.29. The second-order valence-electron chi connectivity index (χ2n) is 7.21. The number of hydrogen-bond acceptors (Lipinski definition) is 3. The molecule has 1 heterocycles. The van der Waals surface area contributed by atoms with Crippen LogP contribution in [0.25, 0.3) is 5.76 Å². The topological polar surface area (TPSA) is 22.1 Å². The maximum atomic E-state index is 5.92. The standard InChI is InChI=1S/C21H33NOS/c1-6-8-9-10-16(7-2)20(17-11-12-17)21(23-5)18-14-22-19(24-18)13-15(3)4/h7,14-15,17H,6,8-13H2,1-5H3/b16-7+,21-20+. The highest BCUT2D eigenvalue weighted by atomic mass is 32.1. The molecule has 0 radical (unpaired) electrons. The number of thiazole rings is 1. The number of rotatable bonds is 10. The predicted octanol–water partition coefficient (Wildman–Crippen LogP) is 6.64. The van der Waals surface area contributed by atoms with Gasteiger partial charge in [0.25, 0.3) is 0 Å². The summed E-state index contributed by atoms with van der Waals surface area (Å²) >= 11 is 1.80. The maximum Gasteiger partial charge on any atom is 0.141 e. The quantitative estimate of drug-likeness (QED) is 0.269. The van der Waals surface area contributed by atoms with Gasteiger partial charge in [0.15, 0.2) is 0 Å². The van der Waals surface area contributed by atoms with Crippen LogP contribution in [0, 0.1) is 11.8 Å². The van der Waals surface area contributed by atoms with Gasteiger partial charge in [-0.1, -0.05) is 39.7 Å². The number of ether oxygens (including phenoxy) is 1. The van der Waals surface area contributed by atoms with Gasteiger partial charge in [0, 0.05) is 18.2 Å². The highest BCUT2D eigenvalue weighted by Gasteiger charge is 2.32. The lowest BCUT2D eigenvalue weighted by Crippen LogP contribution is -2.00. The zero-order valence-electron chi connectivity index (χ0n) is 16.0. The molecule has 24 heavy (non-hydrogen) atoms. The number of unbranched alkanes of at least 4 members (excludes halogenated alkanes) is 2. The van der Waals surface area contributed by atoms with Crippen LogP contribution in [-0.4, -0.2) is 12.1 Å². The Bertz CT molecular complexity index is 578. The zero-order chi connectivity index (χ0) is 17.5. The molecular weight excluding hydrogens is 314 g/mol. The molecule has 3 heteroatoms. The van der Waals surface area contributed by atoms with Crippen LogP contribution < -0.4 is 0 Å². The third-order valence-electron chi connectivity index (χ3n) is 4.54. The summed E-state index contributed by atoms with van der Waals surface area (Å²) in [4.78, 5) is 5.83. The maximum absolute atomic E-state index is 5.92. The van der Waals surface area contributed by atoms with Gasteiger partial charge in [0.05, 0.1) is 17.0 Å². The van der Waals surface area contributed by atoms with Crippen molar-refractivity contribution in [2.75, 3.05) is 7.11 Å². The zero-order valence-corrected chi connectivity index (χ0v) is 16.8. The summed E-state index contributed by atoms with van der Waals surface area (Å²) in [6, 6.07) is 0. The van der Waals surface area contributed by atoms with Crippen LogP contribution in [0.15, 0.2) is 23.4 Å². The monoisotopic (exact) mass is 347 g/mol. The van der Waals surface area contributed by atoms with E-state index in [1.54, 1.807) is 11.3 Å². The fourth-order valence-corrected chi connectivity index (χ4v) is 4.33. The van der Waals surface area contributed by atoms with Crippen molar-refractivity contribution in [1.29, 1.82) is 0 Å². The van der Waals surface area contributed by atoms with E-state index in [9.17, 15) is 0 Å². The Kier molecular flexibility index (Phi) is 7.54. The first kappa shape index (κ1) is 19.2. The summed E-state index contributed by atoms with van der Waals surface area (Å²) in [6.45, 7) is 8.93. The summed E-state index contributed by atoms with van der Waals surface area (Å²) in [5.74, 6) is 2.40. The molecule has 1 saturated carbocycles. The van der Waals surface area contributed by atoms with Crippen LogP contribution in [-0.2, 0) is 11.2 Å². The molecule has 1 aliphatic carbocycles. The van der Waals surface area contributed by atoms with Gasteiger partial charge in [-0.15, -0.1) is 11.3 Å². The fraction of sp³-hybridized carbons (Fsp3) is 0.667. The normalized spacial score (nSPS) is 16.5. The predicted molar refractivity (Wildman–Crippen MR) is 105 cm³/mol. The Morgan fingerprint density at radius 1 is 1.38 bits per heavy atom. The van der Waals surface area contributed by atoms with Crippen LogP contribution in [0.3, 0.4) is 0 Å². The number of methoxy groups -OCH3 is 1. The van der Waals surface area contributed by atoms with E-state index in [1.807, 2.05) is 13.3 Å². The average molecular weight is 348 g/mol. The Morgan fingerprint density at radius 3 is 2.67 bits per heavy atom. The van der Waals surface area contributed by atoms with Gasteiger partial charge in [0.2, 0.25) is 0 Å². The van der Waals surface area contributed by atoms with E-state index in [1.165, 1.54) is 59.6 Å². The van der Waals surface area contributed by atoms with E-state index < -0.39 is 0 Å². The van der Waals surface area contributed by atoms with Crippen LogP contribution in [0.5, 0.6) is 0 Å². The third kappa shape index (κ3) is 5.20. The van der Waals surface area contributed by atoms with Crippen molar-refractivity contribution in [3.05, 3.63) is 33.3 Å². The van der Waals surface area contributed by atoms with Crippen molar-refractivity contribution >= 4 is 17.1 Å². The molecule has 0 aliphatic heterocycles. The molecule has 1 aromatic rings. The number of allylic oxidation sites excluding steroid dienone is 3. The van der Waals surface area contributed by atoms with E-state index >= 15 is 0 Å². The fourth-order valence-electron chi connectivity index (χ4n) is 3.17. The minimum Gasteiger partial charge on any atom is -0.495 e. The lowest BCUT2D eigenvalue weighted by Gasteiger charge is -2.16. The first-order valence-electron chi connectivity index (χ1n) is 9.49. The van der Waals surface area contributed by atoms with Gasteiger partial charge < -0.3 is 4.74 Å². The molecular formula is C21H33NOS. The second-order valence-corrected chi connectivity index (χ2v) is 8.32. The van der Waals surface area contributed by atoms with Gasteiger partial charge in [-0.2, -0.15) is 0 Å². The Morgan fingerprint density at radius 2 is 2.12 bits per heavy atom. The number of nitrogens with zero attached hydrogens (tertiary/aromatic N) is 1. The molecule has 0 unspecified atom stereocenters. The molecule has 1 aliphatic rings. The van der Waals surface area contributed by atoms with Crippen LogP contribution in [0.1, 0.15) is 76.1 Å². The summed E-state index contributed by atoms with van der Waals surface area (Å²) in [5, 5.41) is 1.22. The van der Waals surface area contributed by atoms with Crippen LogP contribution >= 0.6 is 11.3 Å². The van der Waals surface area contributed by atoms with Crippen molar-refractivity contribution in [2.24, 2.45) is 11.8 Å². The van der Waals surface area contributed by atoms with E-state index in [0.717, 1.165) is 12.2 Å². The smallest absolute Gasteiger partial charge is 0.141 e. The lowest BCUT2D eigenvalue weighted by molar-refractivity contribution is 0.366. The van der Waals surface area contributed by atoms with Crippen molar-refractivity contribution in [1.82, 2.24) is 4.98 Å². The van der Waals surface area contributed by atoms with Crippen LogP contribution in [0.4, 0.5) is 0 Å². The highest BCUT2D eigenvalue weighted by Crippen LogP contribution is 2.45. The SMILES string of the molecule is C/C=C(CCCCC)/C(=C(\OC)c1cnc(CC(C)C)s1)C1CC1. The number of hydrogen-bond donors (Lipinski definition) is 0. The van der Waals surface area contributed by atoms with Crippen molar-refractivity contribution in [3.8, 4) is 0 Å². The minimum absolute atomic E-state index is 0.641. The first-order valence-corrected chi connectivity index (χ1v) is 10.3. The molecule has 1 aromatic heterocycles. The summed E-state index contributed by atoms with van der Waals surface area (Å²) in [7, 11) is 1.82. The summed E-state index contributed by atoms with van der Waals surface area (Å²) in [5.41, 5.74) is 2.94. The lowest BCUT2D eigenvalue weighted by atomic mass is 9.94. The molecule has 0 amide bonds. The molecule has 0 N–H and O–H groups in total. The molecule has 0 spiro atoms. The van der Waals surface area contributed by atoms with E-state index in [0.29, 0.717) is 11.8 Å². The molecule has 134 valence electrons. The van der Waals surface area contributed by atoms with Gasteiger partial charge in [0.1, 0.15) is 5.76 Å². The van der Waals surface area contributed by atoms with Gasteiger partial charge >= 0.3 is 0 Å². The Balaban J connectivity index is 2.30. The van der Waals surface area contributed by atoms with Crippen LogP contribution in [0.2, 0.25) is 0 Å². The van der Waals surface area contributed by atoms with Crippen molar-refractivity contribution in [2.45, 2.75) is 72.6 Å². The number of aromatic nitrogens is 1. The van der Waals surface area contributed by atoms with Crippen molar-refractivity contribution < 1.29 is 4.74 Å². The molecule has 0 atom stereocenters. The largest absolute Gasteiger partial charge is 0.495 e. The molecule has 2 nitrogen and oxygen atoms in total. The minimum atomic E-state index is 0.641. The van der Waals surface area contributed by atoms with Crippen molar-refractivity contribution in [3.63, 3.8) is 0 Å². The van der Waals surface area contributed by atoms with Gasteiger partial charge in [-0.05, 0) is 50.0 Å².